The van der Waals surface area contributed by atoms with Crippen LogP contribution in [-0.4, -0.2) is 35.3 Å². The Bertz CT molecular complexity index is 1130. The second-order valence-corrected chi connectivity index (χ2v) is 8.33. The fourth-order valence-electron chi connectivity index (χ4n) is 3.30. The molecule has 0 unspecified atom stereocenters. The molecular weight excluding hydrogens is 447 g/mol. The summed E-state index contributed by atoms with van der Waals surface area (Å²) in [5.74, 6) is 2.24. The van der Waals surface area contributed by atoms with Crippen LogP contribution in [-0.2, 0) is 34.2 Å². The van der Waals surface area contributed by atoms with Crippen molar-refractivity contribution in [3.63, 3.8) is 0 Å². The van der Waals surface area contributed by atoms with Gasteiger partial charge in [-0.15, -0.1) is 0 Å². The normalized spacial score (nSPS) is 12.2. The number of halogens is 1. The largest absolute Gasteiger partial charge is 0.497 e. The molecule has 2 aromatic carbocycles. The van der Waals surface area contributed by atoms with Crippen LogP contribution >= 0.6 is 11.8 Å². The van der Waals surface area contributed by atoms with Crippen molar-refractivity contribution in [2.75, 3.05) is 19.0 Å². The number of ether oxygens (including phenoxy) is 2. The third kappa shape index (κ3) is 5.83. The van der Waals surface area contributed by atoms with Gasteiger partial charge in [0.15, 0.2) is 6.61 Å². The molecule has 172 valence electrons. The minimum absolute atomic E-state index is 0.0478. The van der Waals surface area contributed by atoms with E-state index in [0.29, 0.717) is 23.1 Å². The van der Waals surface area contributed by atoms with E-state index in [1.165, 1.54) is 16.8 Å². The molecule has 2 amide bonds. The predicted molar refractivity (Wildman–Crippen MR) is 123 cm³/mol. The molecule has 1 aromatic heterocycles. The van der Waals surface area contributed by atoms with Crippen molar-refractivity contribution >= 4 is 29.4 Å². The van der Waals surface area contributed by atoms with E-state index >= 15 is 0 Å². The first kappa shape index (κ1) is 22.7. The lowest BCUT2D eigenvalue weighted by atomic mass is 10.2. The maximum atomic E-state index is 13.0. The van der Waals surface area contributed by atoms with Gasteiger partial charge in [-0.3, -0.25) is 9.59 Å². The van der Waals surface area contributed by atoms with Crippen LogP contribution in [0.3, 0.4) is 0 Å². The van der Waals surface area contributed by atoms with E-state index in [4.69, 9.17) is 9.47 Å². The second kappa shape index (κ2) is 10.4. The lowest BCUT2D eigenvalue weighted by Crippen LogP contribution is -2.29. The summed E-state index contributed by atoms with van der Waals surface area (Å²) in [4.78, 5) is 25.0. The van der Waals surface area contributed by atoms with Crippen molar-refractivity contribution < 1.29 is 23.5 Å². The fourth-order valence-corrected chi connectivity index (χ4v) is 4.34. The maximum absolute atomic E-state index is 13.0. The number of nitrogens with one attached hydrogen (secondary N) is 2. The number of aromatic nitrogens is 2. The van der Waals surface area contributed by atoms with Crippen LogP contribution in [0.4, 0.5) is 10.2 Å². The molecule has 0 saturated carbocycles. The topological polar surface area (TPSA) is 94.5 Å². The Hall–Kier alpha value is -3.53. The molecule has 0 bridgehead atoms. The molecule has 10 heteroatoms. The Kier molecular flexibility index (Phi) is 7.13. The van der Waals surface area contributed by atoms with Gasteiger partial charge in [0.25, 0.3) is 5.91 Å². The molecule has 8 nitrogen and oxygen atoms in total. The first-order valence-electron chi connectivity index (χ1n) is 10.3. The Balaban J connectivity index is 1.36. The lowest BCUT2D eigenvalue weighted by Gasteiger charge is -2.12. The van der Waals surface area contributed by atoms with E-state index in [2.05, 4.69) is 15.7 Å². The number of rotatable bonds is 9. The molecule has 0 radical (unpaired) electrons. The van der Waals surface area contributed by atoms with Gasteiger partial charge >= 0.3 is 0 Å². The van der Waals surface area contributed by atoms with Crippen LogP contribution in [0.25, 0.3) is 0 Å². The summed E-state index contributed by atoms with van der Waals surface area (Å²) in [5.41, 5.74) is 2.56. The summed E-state index contributed by atoms with van der Waals surface area (Å²) in [6, 6.07) is 12.9. The predicted octanol–water partition coefficient (Wildman–Crippen LogP) is 3.11. The van der Waals surface area contributed by atoms with Crippen LogP contribution in [0.5, 0.6) is 11.5 Å². The van der Waals surface area contributed by atoms with Gasteiger partial charge in [0, 0.05) is 23.6 Å². The first-order chi connectivity index (χ1) is 16.0. The highest BCUT2D eigenvalue weighted by atomic mass is 32.2. The van der Waals surface area contributed by atoms with E-state index < -0.39 is 0 Å². The van der Waals surface area contributed by atoms with E-state index in [9.17, 15) is 14.0 Å². The summed E-state index contributed by atoms with van der Waals surface area (Å²) in [5, 5.41) is 10.1. The highest BCUT2D eigenvalue weighted by molar-refractivity contribution is 7.98. The number of hydrogen-bond acceptors (Lipinski definition) is 6. The summed E-state index contributed by atoms with van der Waals surface area (Å²) in [7, 11) is 1.58. The Morgan fingerprint density at radius 1 is 1.06 bits per heavy atom. The summed E-state index contributed by atoms with van der Waals surface area (Å²) >= 11 is 1.70. The Morgan fingerprint density at radius 2 is 1.79 bits per heavy atom. The summed E-state index contributed by atoms with van der Waals surface area (Å²) in [6.45, 7) is 0.0390. The molecule has 2 N–H and O–H groups in total. The van der Waals surface area contributed by atoms with Crippen molar-refractivity contribution in [1.82, 2.24) is 15.1 Å². The third-order valence-electron chi connectivity index (χ3n) is 5.00. The monoisotopic (exact) mass is 470 g/mol. The lowest BCUT2D eigenvalue weighted by molar-refractivity contribution is -0.122. The first-order valence-corrected chi connectivity index (χ1v) is 11.4. The number of anilines is 1. The molecule has 4 rings (SSSR count). The van der Waals surface area contributed by atoms with Crippen molar-refractivity contribution in [3.8, 4) is 11.5 Å². The molecule has 0 saturated heterocycles. The number of benzene rings is 2. The van der Waals surface area contributed by atoms with Crippen molar-refractivity contribution in [2.45, 2.75) is 24.6 Å². The zero-order valence-electron chi connectivity index (χ0n) is 18.0. The van der Waals surface area contributed by atoms with E-state index in [-0.39, 0.29) is 37.3 Å². The molecule has 1 aliphatic heterocycles. The Labute approximate surface area is 194 Å². The van der Waals surface area contributed by atoms with E-state index in [1.807, 2.05) is 0 Å². The molecule has 33 heavy (non-hydrogen) atoms. The number of carbonyl (C=O) groups is 2. The quantitative estimate of drug-likeness (QED) is 0.499. The van der Waals surface area contributed by atoms with Crippen LogP contribution in [0.1, 0.15) is 16.8 Å². The molecule has 1 aliphatic rings. The van der Waals surface area contributed by atoms with Gasteiger partial charge in [0.1, 0.15) is 29.7 Å². The van der Waals surface area contributed by atoms with Crippen molar-refractivity contribution in [2.24, 2.45) is 0 Å². The van der Waals surface area contributed by atoms with Gasteiger partial charge in [0.05, 0.1) is 12.8 Å². The average molecular weight is 471 g/mol. The Morgan fingerprint density at radius 3 is 2.52 bits per heavy atom. The average Bonchev–Trinajstić information content (AvgIpc) is 3.40. The van der Waals surface area contributed by atoms with E-state index in [0.717, 1.165) is 22.6 Å². The van der Waals surface area contributed by atoms with Crippen LogP contribution < -0.4 is 20.1 Å². The number of amides is 2. The second-order valence-electron chi connectivity index (χ2n) is 7.34. The minimum Gasteiger partial charge on any atom is -0.497 e. The number of thioether (sulfide) groups is 1. The zero-order chi connectivity index (χ0) is 23.2. The summed E-state index contributed by atoms with van der Waals surface area (Å²) < 4.78 is 25.2. The number of methoxy groups -OCH3 is 1. The molecule has 2 heterocycles. The van der Waals surface area contributed by atoms with Gasteiger partial charge in [-0.1, -0.05) is 12.1 Å². The maximum Gasteiger partial charge on any atom is 0.263 e. The van der Waals surface area contributed by atoms with Crippen LogP contribution in [0, 0.1) is 5.82 Å². The smallest absolute Gasteiger partial charge is 0.263 e. The number of carbonyl (C=O) groups excluding carboxylic acids is 2. The van der Waals surface area contributed by atoms with Crippen LogP contribution in [0.15, 0.2) is 48.5 Å². The number of hydrogen-bond donors (Lipinski definition) is 2. The summed E-state index contributed by atoms with van der Waals surface area (Å²) in [6.07, 6.45) is 0. The fraction of sp³-hybridized carbons (Fsp3) is 0.261. The van der Waals surface area contributed by atoms with Gasteiger partial charge in [-0.05, 0) is 42.0 Å². The highest BCUT2D eigenvalue weighted by Gasteiger charge is 2.25. The molecular formula is C23H23FN4O4S. The molecule has 0 fully saturated rings. The molecule has 0 spiro atoms. The van der Waals surface area contributed by atoms with Gasteiger partial charge in [0.2, 0.25) is 5.91 Å². The molecule has 0 aliphatic carbocycles. The van der Waals surface area contributed by atoms with Gasteiger partial charge in [-0.25, -0.2) is 9.07 Å². The van der Waals surface area contributed by atoms with Crippen molar-refractivity contribution in [1.29, 1.82) is 0 Å². The molecule has 3 aromatic rings. The zero-order valence-corrected chi connectivity index (χ0v) is 18.8. The van der Waals surface area contributed by atoms with Gasteiger partial charge in [-0.2, -0.15) is 16.9 Å². The molecule has 0 atom stereocenters. The highest BCUT2D eigenvalue weighted by Crippen LogP contribution is 2.34. The van der Waals surface area contributed by atoms with E-state index in [1.54, 1.807) is 55.3 Å². The van der Waals surface area contributed by atoms with Crippen molar-refractivity contribution in [3.05, 3.63) is 71.2 Å². The number of nitrogens with zero attached hydrogens (tertiary/aromatic N) is 2. The SMILES string of the molecule is COc1ccc(OCC(=O)Nc2c3c(nn2CC(=O)NCc2ccc(F)cc2)CSC3)cc1. The van der Waals surface area contributed by atoms with Crippen LogP contribution in [0.2, 0.25) is 0 Å². The minimum atomic E-state index is -0.349. The van der Waals surface area contributed by atoms with Gasteiger partial charge < -0.3 is 20.1 Å². The third-order valence-corrected chi connectivity index (χ3v) is 5.97. The standard InChI is InChI=1S/C23H23FN4O4S/c1-31-17-6-8-18(9-7-17)32-12-22(30)26-23-19-13-33-14-20(19)27-28(23)11-21(29)25-10-15-2-4-16(24)5-3-15/h2-9H,10-14H2,1H3,(H,25,29)(H,26,30). The number of fused-ring (bicyclic) bond motifs is 1.